The van der Waals surface area contributed by atoms with E-state index in [4.69, 9.17) is 4.74 Å². The fourth-order valence-corrected chi connectivity index (χ4v) is 3.59. The molecule has 1 saturated carbocycles. The first-order chi connectivity index (χ1) is 13.0. The van der Waals surface area contributed by atoms with Crippen molar-refractivity contribution in [1.82, 2.24) is 15.3 Å². The number of nitrogens with zero attached hydrogens (tertiary/aromatic N) is 1. The van der Waals surface area contributed by atoms with Crippen molar-refractivity contribution >= 4 is 11.6 Å². The second-order valence-electron chi connectivity index (χ2n) is 7.00. The molecule has 0 radical (unpaired) electrons. The number of methoxy groups -OCH3 is 1. The first-order valence-corrected chi connectivity index (χ1v) is 9.28. The molecule has 3 rings (SSSR count). The molecule has 7 heteroatoms. The molecule has 0 aliphatic heterocycles. The Labute approximate surface area is 158 Å². The van der Waals surface area contributed by atoms with Gasteiger partial charge >= 0.3 is 0 Å². The van der Waals surface area contributed by atoms with Gasteiger partial charge in [0.2, 0.25) is 5.91 Å². The van der Waals surface area contributed by atoms with E-state index in [-0.39, 0.29) is 18.0 Å². The number of nitrogens with one attached hydrogen (secondary N) is 3. The van der Waals surface area contributed by atoms with Crippen molar-refractivity contribution < 1.29 is 9.53 Å². The van der Waals surface area contributed by atoms with Gasteiger partial charge in [-0.05, 0) is 44.0 Å². The number of carbonyl (C=O) groups excluding carboxylic acids is 1. The van der Waals surface area contributed by atoms with E-state index < -0.39 is 5.54 Å². The molecule has 7 nitrogen and oxygen atoms in total. The molecule has 1 fully saturated rings. The number of carbonyl (C=O) groups is 1. The summed E-state index contributed by atoms with van der Waals surface area (Å²) in [6, 6.07) is 9.01. The number of aromatic amines is 1. The highest BCUT2D eigenvalue weighted by atomic mass is 16.5. The number of hydrogen-bond donors (Lipinski definition) is 3. The van der Waals surface area contributed by atoms with Gasteiger partial charge in [-0.2, -0.15) is 0 Å². The zero-order valence-electron chi connectivity index (χ0n) is 15.8. The normalized spacial score (nSPS) is 15.8. The fourth-order valence-electron chi connectivity index (χ4n) is 3.59. The second-order valence-corrected chi connectivity index (χ2v) is 7.00. The summed E-state index contributed by atoms with van der Waals surface area (Å²) in [6.07, 6.45) is 4.67. The molecule has 0 atom stereocenters. The lowest BCUT2D eigenvalue weighted by atomic mass is 9.80. The van der Waals surface area contributed by atoms with Crippen LogP contribution in [0.1, 0.15) is 43.6 Å². The van der Waals surface area contributed by atoms with Gasteiger partial charge in [-0.15, -0.1) is 0 Å². The van der Waals surface area contributed by atoms with Crippen molar-refractivity contribution in [2.45, 2.75) is 51.1 Å². The number of hydrogen-bond acceptors (Lipinski definition) is 5. The second kappa shape index (κ2) is 8.24. The summed E-state index contributed by atoms with van der Waals surface area (Å²) in [4.78, 5) is 31.5. The lowest BCUT2D eigenvalue weighted by molar-refractivity contribution is -0.126. The van der Waals surface area contributed by atoms with Crippen molar-refractivity contribution in [3.05, 3.63) is 52.2 Å². The van der Waals surface area contributed by atoms with E-state index in [1.165, 1.54) is 6.07 Å². The van der Waals surface area contributed by atoms with Gasteiger partial charge in [0.05, 0.1) is 19.3 Å². The Balaban J connectivity index is 1.74. The Morgan fingerprint density at radius 1 is 1.22 bits per heavy atom. The first kappa shape index (κ1) is 18.9. The van der Waals surface area contributed by atoms with Crippen LogP contribution in [0.15, 0.2) is 35.1 Å². The lowest BCUT2D eigenvalue weighted by Gasteiger charge is -2.37. The summed E-state index contributed by atoms with van der Waals surface area (Å²) in [5.41, 5.74) is 0.580. The maximum Gasteiger partial charge on any atom is 0.251 e. The summed E-state index contributed by atoms with van der Waals surface area (Å²) >= 11 is 0. The monoisotopic (exact) mass is 370 g/mol. The van der Waals surface area contributed by atoms with E-state index in [0.717, 1.165) is 43.5 Å². The van der Waals surface area contributed by atoms with E-state index in [0.29, 0.717) is 11.5 Å². The van der Waals surface area contributed by atoms with Gasteiger partial charge in [0, 0.05) is 11.8 Å². The molecule has 1 amide bonds. The van der Waals surface area contributed by atoms with Crippen LogP contribution < -0.4 is 20.9 Å². The predicted octanol–water partition coefficient (Wildman–Crippen LogP) is 2.52. The number of anilines is 1. The molecule has 2 aromatic rings. The van der Waals surface area contributed by atoms with Gasteiger partial charge < -0.3 is 20.4 Å². The van der Waals surface area contributed by atoms with Crippen molar-refractivity contribution in [1.29, 1.82) is 0 Å². The number of amides is 1. The molecule has 1 aromatic carbocycles. The average molecular weight is 370 g/mol. The molecule has 1 aliphatic carbocycles. The molecule has 1 aromatic heterocycles. The molecule has 3 N–H and O–H groups in total. The van der Waals surface area contributed by atoms with Crippen LogP contribution in [0, 0.1) is 6.92 Å². The molecule has 144 valence electrons. The third-order valence-electron chi connectivity index (χ3n) is 4.96. The van der Waals surface area contributed by atoms with E-state index in [9.17, 15) is 9.59 Å². The maximum absolute atomic E-state index is 13.1. The molecule has 0 spiro atoms. The van der Waals surface area contributed by atoms with E-state index in [2.05, 4.69) is 20.6 Å². The van der Waals surface area contributed by atoms with Gasteiger partial charge in [-0.3, -0.25) is 9.59 Å². The van der Waals surface area contributed by atoms with Crippen LogP contribution in [0.25, 0.3) is 0 Å². The van der Waals surface area contributed by atoms with Gasteiger partial charge in [0.25, 0.3) is 5.56 Å². The number of benzene rings is 1. The van der Waals surface area contributed by atoms with Gasteiger partial charge in [0.1, 0.15) is 17.1 Å². The summed E-state index contributed by atoms with van der Waals surface area (Å²) in [5, 5.41) is 6.41. The minimum absolute atomic E-state index is 0.0576. The third kappa shape index (κ3) is 4.67. The molecule has 0 saturated heterocycles. The van der Waals surface area contributed by atoms with Crippen LogP contribution in [0.3, 0.4) is 0 Å². The number of aryl methyl sites for hydroxylation is 1. The van der Waals surface area contributed by atoms with Gasteiger partial charge in [-0.1, -0.05) is 19.3 Å². The molecule has 0 bridgehead atoms. The molecule has 0 unspecified atom stereocenters. The number of aromatic nitrogens is 2. The molecular weight excluding hydrogens is 344 g/mol. The van der Waals surface area contributed by atoms with Gasteiger partial charge in [0.15, 0.2) is 0 Å². The minimum atomic E-state index is -0.650. The van der Waals surface area contributed by atoms with Crippen molar-refractivity contribution in [2.24, 2.45) is 0 Å². The van der Waals surface area contributed by atoms with Gasteiger partial charge in [-0.25, -0.2) is 4.98 Å². The number of rotatable bonds is 6. The quantitative estimate of drug-likeness (QED) is 0.726. The Morgan fingerprint density at radius 3 is 2.56 bits per heavy atom. The largest absolute Gasteiger partial charge is 0.497 e. The molecule has 1 aliphatic rings. The summed E-state index contributed by atoms with van der Waals surface area (Å²) in [6.45, 7) is 1.95. The van der Waals surface area contributed by atoms with Crippen LogP contribution in [0.5, 0.6) is 5.75 Å². The average Bonchev–Trinajstić information content (AvgIpc) is 2.66. The topological polar surface area (TPSA) is 96.1 Å². The maximum atomic E-state index is 13.1. The lowest BCUT2D eigenvalue weighted by Crippen LogP contribution is -2.53. The Hall–Kier alpha value is -2.83. The highest BCUT2D eigenvalue weighted by Gasteiger charge is 2.39. The Morgan fingerprint density at radius 2 is 1.93 bits per heavy atom. The van der Waals surface area contributed by atoms with Crippen LogP contribution in [-0.4, -0.2) is 28.5 Å². The summed E-state index contributed by atoms with van der Waals surface area (Å²) in [7, 11) is 1.63. The molecule has 27 heavy (non-hydrogen) atoms. The predicted molar refractivity (Wildman–Crippen MR) is 104 cm³/mol. The van der Waals surface area contributed by atoms with Crippen LogP contribution in [0.4, 0.5) is 5.69 Å². The first-order valence-electron chi connectivity index (χ1n) is 9.28. The SMILES string of the molecule is COc1ccc(NC2(C(=O)NCc3cc(=O)[nH]c(C)n3)CCCCC2)cc1. The fraction of sp³-hybridized carbons (Fsp3) is 0.450. The van der Waals surface area contributed by atoms with E-state index in [1.54, 1.807) is 14.0 Å². The Kier molecular flexibility index (Phi) is 5.78. The van der Waals surface area contributed by atoms with Crippen molar-refractivity contribution in [3.63, 3.8) is 0 Å². The zero-order chi connectivity index (χ0) is 19.3. The standard InChI is InChI=1S/C20H26N4O3/c1-14-22-16(12-18(25)23-14)13-21-19(26)20(10-4-3-5-11-20)24-15-6-8-17(27-2)9-7-15/h6-9,12,24H,3-5,10-11,13H2,1-2H3,(H,21,26)(H,22,23,25). The zero-order valence-corrected chi connectivity index (χ0v) is 15.8. The minimum Gasteiger partial charge on any atom is -0.497 e. The van der Waals surface area contributed by atoms with E-state index in [1.807, 2.05) is 24.3 Å². The Bertz CT molecular complexity index is 839. The van der Waals surface area contributed by atoms with Crippen LogP contribution in [-0.2, 0) is 11.3 Å². The van der Waals surface area contributed by atoms with Crippen LogP contribution in [0.2, 0.25) is 0 Å². The smallest absolute Gasteiger partial charge is 0.251 e. The summed E-state index contributed by atoms with van der Waals surface area (Å²) in [5.74, 6) is 1.26. The van der Waals surface area contributed by atoms with Crippen molar-refractivity contribution in [3.8, 4) is 5.75 Å². The number of H-pyrrole nitrogens is 1. The molecule has 1 heterocycles. The summed E-state index contributed by atoms with van der Waals surface area (Å²) < 4.78 is 5.20. The van der Waals surface area contributed by atoms with E-state index >= 15 is 0 Å². The third-order valence-corrected chi connectivity index (χ3v) is 4.96. The molecular formula is C20H26N4O3. The van der Waals surface area contributed by atoms with Crippen LogP contribution >= 0.6 is 0 Å². The highest BCUT2D eigenvalue weighted by molar-refractivity contribution is 5.89. The number of ether oxygens (including phenoxy) is 1. The highest BCUT2D eigenvalue weighted by Crippen LogP contribution is 2.32. The van der Waals surface area contributed by atoms with Crippen molar-refractivity contribution in [2.75, 3.05) is 12.4 Å².